The molecule has 188 valence electrons. The van der Waals surface area contributed by atoms with E-state index in [1.165, 1.54) is 6.07 Å². The molecule has 0 spiro atoms. The van der Waals surface area contributed by atoms with Crippen molar-refractivity contribution >= 4 is 34.4 Å². The number of nitrogens with one attached hydrogen (secondary N) is 1. The molecule has 1 atom stereocenters. The minimum absolute atomic E-state index is 0.0403. The second kappa shape index (κ2) is 10.1. The number of pyridine rings is 1. The van der Waals surface area contributed by atoms with Crippen LogP contribution in [0.25, 0.3) is 11.2 Å². The third-order valence-corrected chi connectivity index (χ3v) is 6.76. The standard InChI is InChI=1S/C28H26ClFN6O/c1-4-35-16-18(15-31-35)32-28(37)21-14-23-26(33-25(21)29)34-27(36(23)5-2)24(19-11-7-6-10-17(19)3)20-12-8-9-13-22(20)30/h6-16,24H,4-5H2,1-3H3,(H,32,37). The van der Waals surface area contributed by atoms with Gasteiger partial charge in [-0.25, -0.2) is 14.4 Å². The number of carbonyl (C=O) groups is 1. The zero-order chi connectivity index (χ0) is 26.1. The Morgan fingerprint density at radius 2 is 1.78 bits per heavy atom. The van der Waals surface area contributed by atoms with Crippen LogP contribution in [0.5, 0.6) is 0 Å². The molecule has 0 radical (unpaired) electrons. The molecule has 0 aliphatic heterocycles. The van der Waals surface area contributed by atoms with Crippen LogP contribution in [-0.4, -0.2) is 30.2 Å². The summed E-state index contributed by atoms with van der Waals surface area (Å²) in [7, 11) is 0. The molecular weight excluding hydrogens is 491 g/mol. The average molecular weight is 517 g/mol. The molecule has 9 heteroatoms. The highest BCUT2D eigenvalue weighted by molar-refractivity contribution is 6.33. The molecule has 37 heavy (non-hydrogen) atoms. The Morgan fingerprint density at radius 3 is 2.46 bits per heavy atom. The first-order valence-electron chi connectivity index (χ1n) is 12.1. The molecule has 3 aromatic heterocycles. The van der Waals surface area contributed by atoms with Crippen molar-refractivity contribution in [2.75, 3.05) is 5.32 Å². The van der Waals surface area contributed by atoms with Crippen molar-refractivity contribution in [3.8, 4) is 0 Å². The fourth-order valence-corrected chi connectivity index (χ4v) is 4.84. The summed E-state index contributed by atoms with van der Waals surface area (Å²) >= 11 is 6.46. The summed E-state index contributed by atoms with van der Waals surface area (Å²) in [5.41, 5.74) is 4.29. The van der Waals surface area contributed by atoms with E-state index in [9.17, 15) is 4.79 Å². The first-order chi connectivity index (χ1) is 17.9. The van der Waals surface area contributed by atoms with Gasteiger partial charge >= 0.3 is 0 Å². The molecule has 1 N–H and O–H groups in total. The van der Waals surface area contributed by atoms with Crippen molar-refractivity contribution in [3.05, 3.63) is 106 Å². The SMILES string of the molecule is CCn1cc(NC(=O)c2cc3c(nc2Cl)nc(C(c2ccccc2C)c2ccccc2F)n3CC)cn1. The maximum absolute atomic E-state index is 15.2. The first kappa shape index (κ1) is 24.6. The van der Waals surface area contributed by atoms with Crippen LogP contribution in [0.15, 0.2) is 67.0 Å². The summed E-state index contributed by atoms with van der Waals surface area (Å²) < 4.78 is 18.8. The number of halogens is 2. The minimum atomic E-state index is -0.479. The minimum Gasteiger partial charge on any atom is -0.326 e. The number of hydrogen-bond donors (Lipinski definition) is 1. The maximum Gasteiger partial charge on any atom is 0.258 e. The van der Waals surface area contributed by atoms with Gasteiger partial charge in [0.25, 0.3) is 5.91 Å². The van der Waals surface area contributed by atoms with Crippen LogP contribution in [0.4, 0.5) is 10.1 Å². The molecule has 0 aliphatic rings. The van der Waals surface area contributed by atoms with Gasteiger partial charge in [0.15, 0.2) is 5.65 Å². The second-order valence-electron chi connectivity index (χ2n) is 8.73. The van der Waals surface area contributed by atoms with Crippen LogP contribution in [0.3, 0.4) is 0 Å². The monoisotopic (exact) mass is 516 g/mol. The van der Waals surface area contributed by atoms with E-state index in [-0.39, 0.29) is 16.5 Å². The molecule has 3 heterocycles. The van der Waals surface area contributed by atoms with Gasteiger partial charge in [-0.15, -0.1) is 0 Å². The Kier molecular flexibility index (Phi) is 6.76. The first-order valence-corrected chi connectivity index (χ1v) is 12.5. The normalized spacial score (nSPS) is 12.1. The van der Waals surface area contributed by atoms with Crippen LogP contribution in [0, 0.1) is 12.7 Å². The summed E-state index contributed by atoms with van der Waals surface area (Å²) in [5, 5.41) is 7.05. The number of nitrogens with zero attached hydrogens (tertiary/aromatic N) is 5. The quantitative estimate of drug-likeness (QED) is 0.261. The van der Waals surface area contributed by atoms with Gasteiger partial charge in [0.1, 0.15) is 16.8 Å². The molecule has 5 rings (SSSR count). The number of imidazole rings is 1. The third kappa shape index (κ3) is 4.60. The van der Waals surface area contributed by atoms with Crippen molar-refractivity contribution in [1.82, 2.24) is 24.3 Å². The lowest BCUT2D eigenvalue weighted by Gasteiger charge is -2.21. The van der Waals surface area contributed by atoms with Crippen molar-refractivity contribution in [3.63, 3.8) is 0 Å². The molecule has 1 unspecified atom stereocenters. The van der Waals surface area contributed by atoms with Crippen LogP contribution in [0.1, 0.15) is 52.6 Å². The van der Waals surface area contributed by atoms with Crippen LogP contribution >= 0.6 is 11.6 Å². The van der Waals surface area contributed by atoms with Gasteiger partial charge in [-0.2, -0.15) is 5.10 Å². The number of aromatic nitrogens is 5. The number of anilines is 1. The van der Waals surface area contributed by atoms with E-state index in [0.717, 1.165) is 11.1 Å². The summed E-state index contributed by atoms with van der Waals surface area (Å²) in [4.78, 5) is 22.4. The maximum atomic E-state index is 15.2. The number of carbonyl (C=O) groups excluding carboxylic acids is 1. The third-order valence-electron chi connectivity index (χ3n) is 6.47. The van der Waals surface area contributed by atoms with Gasteiger partial charge in [-0.1, -0.05) is 54.1 Å². The Balaban J connectivity index is 1.65. The predicted octanol–water partition coefficient (Wildman–Crippen LogP) is 6.20. The number of rotatable bonds is 7. The Labute approximate surface area is 218 Å². The smallest absolute Gasteiger partial charge is 0.258 e. The van der Waals surface area contributed by atoms with E-state index in [1.807, 2.05) is 55.7 Å². The van der Waals surface area contributed by atoms with E-state index in [1.54, 1.807) is 35.3 Å². The van der Waals surface area contributed by atoms with E-state index < -0.39 is 11.8 Å². The topological polar surface area (TPSA) is 77.6 Å². The number of amides is 1. The zero-order valence-corrected chi connectivity index (χ0v) is 21.5. The van der Waals surface area contributed by atoms with Crippen molar-refractivity contribution in [2.24, 2.45) is 0 Å². The molecule has 0 saturated carbocycles. The fourth-order valence-electron chi connectivity index (χ4n) is 4.62. The molecule has 0 aliphatic carbocycles. The lowest BCUT2D eigenvalue weighted by atomic mass is 9.87. The number of fused-ring (bicyclic) bond motifs is 1. The molecule has 0 saturated heterocycles. The largest absolute Gasteiger partial charge is 0.326 e. The van der Waals surface area contributed by atoms with Gasteiger partial charge in [0.2, 0.25) is 0 Å². The molecule has 5 aromatic rings. The van der Waals surface area contributed by atoms with Crippen molar-refractivity contribution in [1.29, 1.82) is 0 Å². The molecule has 1 amide bonds. The van der Waals surface area contributed by atoms with Crippen LogP contribution < -0.4 is 5.32 Å². The number of hydrogen-bond acceptors (Lipinski definition) is 4. The highest BCUT2D eigenvalue weighted by Gasteiger charge is 2.28. The number of aryl methyl sites for hydroxylation is 3. The van der Waals surface area contributed by atoms with E-state index in [2.05, 4.69) is 15.4 Å². The van der Waals surface area contributed by atoms with Crippen molar-refractivity contribution < 1.29 is 9.18 Å². The second-order valence-corrected chi connectivity index (χ2v) is 9.09. The fraction of sp³-hybridized carbons (Fsp3) is 0.214. The van der Waals surface area contributed by atoms with E-state index >= 15 is 4.39 Å². The zero-order valence-electron chi connectivity index (χ0n) is 20.7. The van der Waals surface area contributed by atoms with Gasteiger partial charge in [-0.05, 0) is 44.0 Å². The van der Waals surface area contributed by atoms with Crippen LogP contribution in [-0.2, 0) is 13.1 Å². The molecule has 0 bridgehead atoms. The van der Waals surface area contributed by atoms with E-state index in [4.69, 9.17) is 16.6 Å². The van der Waals surface area contributed by atoms with Crippen LogP contribution in [0.2, 0.25) is 5.15 Å². The van der Waals surface area contributed by atoms with Crippen molar-refractivity contribution in [2.45, 2.75) is 39.8 Å². The average Bonchev–Trinajstić information content (AvgIpc) is 3.49. The molecule has 7 nitrogen and oxygen atoms in total. The predicted molar refractivity (Wildman–Crippen MR) is 143 cm³/mol. The lowest BCUT2D eigenvalue weighted by Crippen LogP contribution is -2.14. The highest BCUT2D eigenvalue weighted by Crippen LogP contribution is 2.36. The Morgan fingerprint density at radius 1 is 1.05 bits per heavy atom. The van der Waals surface area contributed by atoms with Gasteiger partial charge < -0.3 is 9.88 Å². The number of benzene rings is 2. The van der Waals surface area contributed by atoms with Gasteiger partial charge in [0, 0.05) is 24.8 Å². The molecule has 0 fully saturated rings. The lowest BCUT2D eigenvalue weighted by molar-refractivity contribution is 0.102. The summed E-state index contributed by atoms with van der Waals surface area (Å²) in [5.74, 6) is -0.566. The Hall–Kier alpha value is -4.04. The summed E-state index contributed by atoms with van der Waals surface area (Å²) in [6.45, 7) is 7.17. The Bertz CT molecular complexity index is 1560. The highest BCUT2D eigenvalue weighted by atomic mass is 35.5. The summed E-state index contributed by atoms with van der Waals surface area (Å²) in [6.07, 6.45) is 3.32. The molecule has 2 aromatic carbocycles. The molecular formula is C28H26ClFN6O. The van der Waals surface area contributed by atoms with Gasteiger partial charge in [0.05, 0.1) is 28.9 Å². The van der Waals surface area contributed by atoms with Gasteiger partial charge in [-0.3, -0.25) is 9.48 Å². The van der Waals surface area contributed by atoms with E-state index in [0.29, 0.717) is 41.3 Å². The summed E-state index contributed by atoms with van der Waals surface area (Å²) in [6, 6.07) is 16.3.